The van der Waals surface area contributed by atoms with E-state index < -0.39 is 5.97 Å². The summed E-state index contributed by atoms with van der Waals surface area (Å²) >= 11 is 5.95. The molecule has 1 unspecified atom stereocenters. The van der Waals surface area contributed by atoms with Crippen molar-refractivity contribution in [2.45, 2.75) is 25.3 Å². The van der Waals surface area contributed by atoms with Crippen LogP contribution in [0.5, 0.6) is 0 Å². The van der Waals surface area contributed by atoms with Gasteiger partial charge in [-0.25, -0.2) is 0 Å². The first kappa shape index (κ1) is 16.3. The van der Waals surface area contributed by atoms with Gasteiger partial charge in [0, 0.05) is 31.2 Å². The molecule has 5 nitrogen and oxygen atoms in total. The van der Waals surface area contributed by atoms with Gasteiger partial charge in [-0.15, -0.1) is 0 Å². The molecule has 1 aromatic rings. The number of carboxylic acids is 1. The number of aliphatic carboxylic acids is 1. The lowest BCUT2D eigenvalue weighted by atomic mass is 10.1. The van der Waals surface area contributed by atoms with Gasteiger partial charge >= 0.3 is 5.97 Å². The summed E-state index contributed by atoms with van der Waals surface area (Å²) in [5.74, 6) is -0.363. The van der Waals surface area contributed by atoms with Gasteiger partial charge in [0.25, 0.3) is 0 Å². The molecule has 1 amide bonds. The quantitative estimate of drug-likeness (QED) is 0.892. The molecule has 1 aliphatic heterocycles. The van der Waals surface area contributed by atoms with Gasteiger partial charge < -0.3 is 10.0 Å². The number of carboxylic acid groups (broad SMARTS) is 1. The summed E-state index contributed by atoms with van der Waals surface area (Å²) in [5.41, 5.74) is 0.909. The predicted octanol–water partition coefficient (Wildman–Crippen LogP) is 1.89. The first-order valence-electron chi connectivity index (χ1n) is 8.03. The molecule has 1 saturated heterocycles. The van der Waals surface area contributed by atoms with Gasteiger partial charge in [0.15, 0.2) is 0 Å². The van der Waals surface area contributed by atoms with Crippen LogP contribution in [0, 0.1) is 5.92 Å². The Bertz CT molecular complexity index is 595. The highest BCUT2D eigenvalue weighted by molar-refractivity contribution is 6.30. The molecule has 1 saturated carbocycles. The Morgan fingerprint density at radius 2 is 1.91 bits per heavy atom. The molecule has 23 heavy (non-hydrogen) atoms. The molecule has 124 valence electrons. The van der Waals surface area contributed by atoms with Gasteiger partial charge in [-0.1, -0.05) is 23.7 Å². The summed E-state index contributed by atoms with van der Waals surface area (Å²) in [6.07, 6.45) is 2.35. The summed E-state index contributed by atoms with van der Waals surface area (Å²) in [5, 5.41) is 10.0. The predicted molar refractivity (Wildman–Crippen MR) is 87.5 cm³/mol. The average molecular weight is 337 g/mol. The lowest BCUT2D eigenvalue weighted by Crippen LogP contribution is -2.54. The van der Waals surface area contributed by atoms with Crippen LogP contribution in [-0.2, 0) is 16.0 Å². The van der Waals surface area contributed by atoms with E-state index in [-0.39, 0.29) is 11.9 Å². The number of hydrogen-bond acceptors (Lipinski definition) is 3. The fourth-order valence-corrected chi connectivity index (χ4v) is 3.46. The molecule has 0 spiro atoms. The minimum absolute atomic E-state index is 0.0743. The Labute approximate surface area is 140 Å². The molecule has 1 heterocycles. The van der Waals surface area contributed by atoms with E-state index in [9.17, 15) is 14.7 Å². The molecule has 0 aromatic heterocycles. The average Bonchev–Trinajstić information content (AvgIpc) is 3.32. The highest BCUT2D eigenvalue weighted by Crippen LogP contribution is 2.35. The van der Waals surface area contributed by atoms with Crippen molar-refractivity contribution in [3.8, 4) is 0 Å². The van der Waals surface area contributed by atoms with Crippen molar-refractivity contribution in [1.29, 1.82) is 0 Å². The summed E-state index contributed by atoms with van der Waals surface area (Å²) in [7, 11) is 0. The number of carbonyl (C=O) groups is 2. The molecule has 0 bridgehead atoms. The normalized spacial score (nSPS) is 20.3. The van der Waals surface area contributed by atoms with Gasteiger partial charge in [0.2, 0.25) is 5.91 Å². The topological polar surface area (TPSA) is 60.9 Å². The van der Waals surface area contributed by atoms with Crippen LogP contribution in [0.15, 0.2) is 24.3 Å². The van der Waals surface area contributed by atoms with Gasteiger partial charge in [-0.05, 0) is 36.5 Å². The Kier molecular flexibility index (Phi) is 4.87. The Hall–Kier alpha value is -1.59. The molecule has 1 aliphatic carbocycles. The summed E-state index contributed by atoms with van der Waals surface area (Å²) in [6, 6.07) is 6.96. The molecule has 3 rings (SSSR count). The van der Waals surface area contributed by atoms with E-state index in [2.05, 4.69) is 0 Å². The Balaban J connectivity index is 1.54. The van der Waals surface area contributed by atoms with E-state index in [0.717, 1.165) is 18.4 Å². The molecular formula is C17H21ClN2O3. The summed E-state index contributed by atoms with van der Waals surface area (Å²) < 4.78 is 0. The second kappa shape index (κ2) is 6.89. The number of benzene rings is 1. The van der Waals surface area contributed by atoms with Crippen LogP contribution in [0.4, 0.5) is 0 Å². The van der Waals surface area contributed by atoms with Crippen molar-refractivity contribution < 1.29 is 14.7 Å². The van der Waals surface area contributed by atoms with Gasteiger partial charge in [0.05, 0.1) is 6.42 Å². The molecule has 1 aromatic carbocycles. The van der Waals surface area contributed by atoms with E-state index in [1.807, 2.05) is 28.0 Å². The van der Waals surface area contributed by atoms with Crippen molar-refractivity contribution in [2.75, 3.05) is 26.2 Å². The second-order valence-corrected chi connectivity index (χ2v) is 6.78. The molecule has 6 heteroatoms. The third kappa shape index (κ3) is 4.03. The number of amides is 1. The van der Waals surface area contributed by atoms with Gasteiger partial charge in [-0.2, -0.15) is 0 Å². The lowest BCUT2D eigenvalue weighted by molar-refractivity contribution is -0.145. The molecule has 1 N–H and O–H groups in total. The van der Waals surface area contributed by atoms with Crippen LogP contribution in [0.2, 0.25) is 5.02 Å². The van der Waals surface area contributed by atoms with Crippen molar-refractivity contribution >= 4 is 23.5 Å². The fraction of sp³-hybridized carbons (Fsp3) is 0.529. The first-order valence-corrected chi connectivity index (χ1v) is 8.41. The maximum Gasteiger partial charge on any atom is 0.321 e. The molecular weight excluding hydrogens is 316 g/mol. The standard InChI is InChI=1S/C17H21ClN2O3/c18-14-3-1-2-12(10-14)11-15(21)19-6-8-20(9-7-19)16(17(22)23)13-4-5-13/h1-3,10,13,16H,4-9,11H2,(H,22,23). The molecule has 1 atom stereocenters. The monoisotopic (exact) mass is 336 g/mol. The van der Waals surface area contributed by atoms with Crippen molar-refractivity contribution in [2.24, 2.45) is 5.92 Å². The van der Waals surface area contributed by atoms with Crippen LogP contribution in [0.3, 0.4) is 0 Å². The third-order valence-corrected chi connectivity index (χ3v) is 4.86. The van der Waals surface area contributed by atoms with E-state index in [0.29, 0.717) is 43.5 Å². The Morgan fingerprint density at radius 1 is 1.22 bits per heavy atom. The third-order valence-electron chi connectivity index (χ3n) is 4.63. The fourth-order valence-electron chi connectivity index (χ4n) is 3.25. The van der Waals surface area contributed by atoms with Crippen LogP contribution < -0.4 is 0 Å². The minimum atomic E-state index is -0.730. The second-order valence-electron chi connectivity index (χ2n) is 6.34. The largest absolute Gasteiger partial charge is 0.480 e. The number of nitrogens with zero attached hydrogens (tertiary/aromatic N) is 2. The number of rotatable bonds is 5. The van der Waals surface area contributed by atoms with Crippen molar-refractivity contribution in [3.05, 3.63) is 34.9 Å². The van der Waals surface area contributed by atoms with Crippen LogP contribution >= 0.6 is 11.6 Å². The lowest BCUT2D eigenvalue weighted by Gasteiger charge is -2.38. The first-order chi connectivity index (χ1) is 11.0. The van der Waals surface area contributed by atoms with Crippen LogP contribution in [0.1, 0.15) is 18.4 Å². The van der Waals surface area contributed by atoms with E-state index in [4.69, 9.17) is 11.6 Å². The zero-order chi connectivity index (χ0) is 16.4. The number of piperazine rings is 1. The maximum atomic E-state index is 12.4. The zero-order valence-corrected chi connectivity index (χ0v) is 13.7. The summed E-state index contributed by atoms with van der Waals surface area (Å²) in [4.78, 5) is 27.7. The molecule has 0 radical (unpaired) electrons. The van der Waals surface area contributed by atoms with Gasteiger partial charge in [-0.3, -0.25) is 14.5 Å². The van der Waals surface area contributed by atoms with Crippen LogP contribution in [-0.4, -0.2) is 59.0 Å². The van der Waals surface area contributed by atoms with Crippen LogP contribution in [0.25, 0.3) is 0 Å². The zero-order valence-electron chi connectivity index (χ0n) is 12.9. The van der Waals surface area contributed by atoms with Gasteiger partial charge in [0.1, 0.15) is 6.04 Å². The van der Waals surface area contributed by atoms with E-state index >= 15 is 0 Å². The van der Waals surface area contributed by atoms with E-state index in [1.54, 1.807) is 6.07 Å². The summed E-state index contributed by atoms with van der Waals surface area (Å²) in [6.45, 7) is 2.45. The highest BCUT2D eigenvalue weighted by atomic mass is 35.5. The van der Waals surface area contributed by atoms with E-state index in [1.165, 1.54) is 0 Å². The molecule has 2 fully saturated rings. The van der Waals surface area contributed by atoms with Crippen molar-refractivity contribution in [1.82, 2.24) is 9.80 Å². The number of carbonyl (C=O) groups excluding carboxylic acids is 1. The Morgan fingerprint density at radius 3 is 2.48 bits per heavy atom. The van der Waals surface area contributed by atoms with Crippen molar-refractivity contribution in [3.63, 3.8) is 0 Å². The highest BCUT2D eigenvalue weighted by Gasteiger charge is 2.41. The maximum absolute atomic E-state index is 12.4. The number of halogens is 1. The minimum Gasteiger partial charge on any atom is -0.480 e. The smallest absolute Gasteiger partial charge is 0.321 e. The number of hydrogen-bond donors (Lipinski definition) is 1. The SMILES string of the molecule is O=C(O)C(C1CC1)N1CCN(C(=O)Cc2cccc(Cl)c2)CC1. The molecule has 2 aliphatic rings.